The topological polar surface area (TPSA) is 32.3 Å². The van der Waals surface area contributed by atoms with E-state index in [-0.39, 0.29) is 13.0 Å². The Labute approximate surface area is 56.0 Å². The van der Waals surface area contributed by atoms with Crippen molar-refractivity contribution in [1.29, 1.82) is 0 Å². The first-order valence-electron chi connectivity index (χ1n) is 3.00. The normalized spacial score (nSPS) is 34.8. The van der Waals surface area contributed by atoms with Crippen LogP contribution < -0.4 is 5.32 Å². The third-order valence-corrected chi connectivity index (χ3v) is 1.60. The fourth-order valence-corrected chi connectivity index (χ4v) is 0.970. The molecule has 0 aromatic carbocycles. The minimum absolute atomic E-state index is 0.232. The van der Waals surface area contributed by atoms with Gasteiger partial charge in [0, 0.05) is 6.42 Å². The van der Waals surface area contributed by atoms with Crippen molar-refractivity contribution in [3.05, 3.63) is 0 Å². The van der Waals surface area contributed by atoms with Crippen molar-refractivity contribution in [2.45, 2.75) is 24.7 Å². The summed E-state index contributed by atoms with van der Waals surface area (Å²) >= 11 is 0. The lowest BCUT2D eigenvalue weighted by Gasteiger charge is -2.25. The van der Waals surface area contributed by atoms with E-state index >= 15 is 0 Å². The first kappa shape index (κ1) is 7.81. The summed E-state index contributed by atoms with van der Waals surface area (Å²) in [4.78, 5) is 0. The molecule has 5 heteroatoms. The second-order valence-corrected chi connectivity index (χ2v) is 2.39. The molecule has 1 rings (SSSR count). The summed E-state index contributed by atoms with van der Waals surface area (Å²) in [5, 5.41) is 10.8. The van der Waals surface area contributed by atoms with Gasteiger partial charge in [-0.1, -0.05) is 0 Å². The molecule has 0 aromatic rings. The molecule has 1 fully saturated rings. The lowest BCUT2D eigenvalue weighted by Crippen LogP contribution is -2.52. The van der Waals surface area contributed by atoms with E-state index in [2.05, 4.69) is 0 Å². The number of aliphatic hydroxyl groups is 1. The summed E-state index contributed by atoms with van der Waals surface area (Å²) in [5.74, 6) is 0. The lowest BCUT2D eigenvalue weighted by atomic mass is 10.1. The highest BCUT2D eigenvalue weighted by atomic mass is 19.4. The smallest absolute Gasteiger partial charge is 0.368 e. The largest absolute Gasteiger partial charge is 0.430 e. The summed E-state index contributed by atoms with van der Waals surface area (Å²) in [5.41, 5.74) is -2.62. The Morgan fingerprint density at radius 2 is 2.00 bits per heavy atom. The molecule has 2 N–H and O–H groups in total. The molecule has 0 aromatic heterocycles. The molecule has 60 valence electrons. The van der Waals surface area contributed by atoms with Crippen molar-refractivity contribution in [1.82, 2.24) is 5.32 Å². The van der Waals surface area contributed by atoms with Crippen LogP contribution in [0.3, 0.4) is 0 Å². The van der Waals surface area contributed by atoms with Crippen molar-refractivity contribution >= 4 is 0 Å². The molecule has 1 saturated heterocycles. The molecule has 1 unspecified atom stereocenters. The molecule has 0 bridgehead atoms. The molecular weight excluding hydrogens is 147 g/mol. The van der Waals surface area contributed by atoms with Gasteiger partial charge in [0.25, 0.3) is 0 Å². The molecule has 1 aliphatic rings. The average Bonchev–Trinajstić information content (AvgIpc) is 2.13. The van der Waals surface area contributed by atoms with Gasteiger partial charge in [0.05, 0.1) is 0 Å². The minimum atomic E-state index is -4.54. The Morgan fingerprint density at radius 3 is 2.20 bits per heavy atom. The van der Waals surface area contributed by atoms with Crippen LogP contribution in [0.4, 0.5) is 13.2 Å². The maximum Gasteiger partial charge on any atom is 0.430 e. The number of hydrogen-bond acceptors (Lipinski definition) is 2. The molecule has 1 heterocycles. The van der Waals surface area contributed by atoms with Gasteiger partial charge in [-0.25, -0.2) is 0 Å². The molecule has 1 aliphatic heterocycles. The van der Waals surface area contributed by atoms with Crippen molar-refractivity contribution in [2.75, 3.05) is 6.54 Å². The summed E-state index contributed by atoms with van der Waals surface area (Å²) in [6.07, 6.45) is -4.41. The number of rotatable bonds is 0. The maximum atomic E-state index is 11.8. The third kappa shape index (κ3) is 1.11. The molecule has 10 heavy (non-hydrogen) atoms. The van der Waals surface area contributed by atoms with E-state index in [0.717, 1.165) is 0 Å². The zero-order chi connectivity index (χ0) is 7.83. The van der Waals surface area contributed by atoms with Gasteiger partial charge in [-0.2, -0.15) is 13.2 Å². The van der Waals surface area contributed by atoms with Gasteiger partial charge in [0.1, 0.15) is 0 Å². The quantitative estimate of drug-likeness (QED) is 0.537. The van der Waals surface area contributed by atoms with Crippen LogP contribution in [-0.2, 0) is 0 Å². The Bertz CT molecular complexity index is 127. The van der Waals surface area contributed by atoms with E-state index in [4.69, 9.17) is 5.11 Å². The van der Waals surface area contributed by atoms with E-state index in [0.29, 0.717) is 6.42 Å². The number of nitrogens with one attached hydrogen (secondary N) is 1. The number of alkyl halides is 3. The predicted octanol–water partition coefficient (Wildman–Crippen LogP) is 0.621. The summed E-state index contributed by atoms with van der Waals surface area (Å²) in [7, 11) is 0. The number of hydrogen-bond donors (Lipinski definition) is 2. The SMILES string of the molecule is OC1(C(F)(F)F)CCCN1. The van der Waals surface area contributed by atoms with Gasteiger partial charge in [-0.05, 0) is 13.0 Å². The van der Waals surface area contributed by atoms with Crippen LogP contribution in [0.25, 0.3) is 0 Å². The standard InChI is InChI=1S/C5H8F3NO/c6-5(7,8)4(10)2-1-3-9-4/h9-10H,1-3H2. The second kappa shape index (κ2) is 2.10. The first-order valence-corrected chi connectivity index (χ1v) is 3.00. The van der Waals surface area contributed by atoms with E-state index in [9.17, 15) is 13.2 Å². The maximum absolute atomic E-state index is 11.8. The molecule has 0 amide bonds. The van der Waals surface area contributed by atoms with Gasteiger partial charge < -0.3 is 5.11 Å². The van der Waals surface area contributed by atoms with Crippen LogP contribution in [0.5, 0.6) is 0 Å². The molecule has 0 saturated carbocycles. The summed E-state index contributed by atoms with van der Waals surface area (Å²) in [6, 6.07) is 0. The monoisotopic (exact) mass is 155 g/mol. The number of halogens is 3. The zero-order valence-corrected chi connectivity index (χ0v) is 5.20. The highest BCUT2D eigenvalue weighted by molar-refractivity contribution is 4.88. The van der Waals surface area contributed by atoms with Crippen molar-refractivity contribution in [2.24, 2.45) is 0 Å². The molecular formula is C5H8F3NO. The minimum Gasteiger partial charge on any atom is -0.368 e. The lowest BCUT2D eigenvalue weighted by molar-refractivity contribution is -0.266. The molecule has 0 spiro atoms. The van der Waals surface area contributed by atoms with Gasteiger partial charge in [0.15, 0.2) is 0 Å². The predicted molar refractivity (Wildman–Crippen MR) is 28.2 cm³/mol. The van der Waals surface area contributed by atoms with Crippen molar-refractivity contribution in [3.63, 3.8) is 0 Å². The van der Waals surface area contributed by atoms with Gasteiger partial charge in [0.2, 0.25) is 5.72 Å². The average molecular weight is 155 g/mol. The molecule has 1 atom stereocenters. The summed E-state index contributed by atoms with van der Waals surface area (Å²) in [6.45, 7) is 0.232. The summed E-state index contributed by atoms with van der Waals surface area (Å²) < 4.78 is 35.5. The van der Waals surface area contributed by atoms with E-state index in [1.54, 1.807) is 0 Å². The van der Waals surface area contributed by atoms with Crippen molar-refractivity contribution < 1.29 is 18.3 Å². The van der Waals surface area contributed by atoms with Crippen LogP contribution in [0, 0.1) is 0 Å². The highest BCUT2D eigenvalue weighted by Gasteiger charge is 2.54. The third-order valence-electron chi connectivity index (χ3n) is 1.60. The Hall–Kier alpha value is -0.290. The van der Waals surface area contributed by atoms with Gasteiger partial charge in [-0.3, -0.25) is 5.32 Å². The zero-order valence-electron chi connectivity index (χ0n) is 5.20. The molecule has 0 aliphatic carbocycles. The fraction of sp³-hybridized carbons (Fsp3) is 1.00. The van der Waals surface area contributed by atoms with Crippen LogP contribution in [0.2, 0.25) is 0 Å². The first-order chi connectivity index (χ1) is 4.46. The van der Waals surface area contributed by atoms with Crippen LogP contribution in [0.1, 0.15) is 12.8 Å². The van der Waals surface area contributed by atoms with Crippen LogP contribution in [0.15, 0.2) is 0 Å². The Balaban J connectivity index is 2.67. The van der Waals surface area contributed by atoms with E-state index in [1.165, 1.54) is 0 Å². The van der Waals surface area contributed by atoms with E-state index < -0.39 is 11.9 Å². The Morgan fingerprint density at radius 1 is 1.40 bits per heavy atom. The van der Waals surface area contributed by atoms with Crippen LogP contribution >= 0.6 is 0 Å². The van der Waals surface area contributed by atoms with Crippen LogP contribution in [-0.4, -0.2) is 23.6 Å². The fourth-order valence-electron chi connectivity index (χ4n) is 0.970. The molecule has 0 radical (unpaired) electrons. The van der Waals surface area contributed by atoms with Crippen molar-refractivity contribution in [3.8, 4) is 0 Å². The Kier molecular flexibility index (Phi) is 1.64. The van der Waals surface area contributed by atoms with E-state index in [1.807, 2.05) is 5.32 Å². The second-order valence-electron chi connectivity index (χ2n) is 2.39. The highest BCUT2D eigenvalue weighted by Crippen LogP contribution is 2.34. The molecule has 2 nitrogen and oxygen atoms in total. The van der Waals surface area contributed by atoms with Gasteiger partial charge >= 0.3 is 6.18 Å². The van der Waals surface area contributed by atoms with Gasteiger partial charge in [-0.15, -0.1) is 0 Å².